The van der Waals surface area contributed by atoms with E-state index in [4.69, 9.17) is 15.2 Å². The fourth-order valence-electron chi connectivity index (χ4n) is 2.31. The lowest BCUT2D eigenvalue weighted by molar-refractivity contribution is 0.382. The van der Waals surface area contributed by atoms with Crippen LogP contribution in [0.2, 0.25) is 0 Å². The molecule has 2 aromatic carbocycles. The van der Waals surface area contributed by atoms with Gasteiger partial charge in [0.25, 0.3) is 0 Å². The van der Waals surface area contributed by atoms with Crippen LogP contribution in [0, 0.1) is 22.7 Å². The number of hydrogen-bond donors (Lipinski definition) is 1. The zero-order valence-electron chi connectivity index (χ0n) is 14.1. The maximum absolute atomic E-state index is 9.57. The number of thioether (sulfide) groups is 1. The van der Waals surface area contributed by atoms with Gasteiger partial charge in [-0.1, -0.05) is 30.8 Å². The van der Waals surface area contributed by atoms with E-state index >= 15 is 0 Å². The number of hydrogen-bond acceptors (Lipinski definition) is 7. The van der Waals surface area contributed by atoms with Gasteiger partial charge in [-0.2, -0.15) is 10.5 Å². The van der Waals surface area contributed by atoms with Crippen LogP contribution in [-0.4, -0.2) is 20.0 Å². The second-order valence-corrected chi connectivity index (χ2v) is 7.10. The topological polar surface area (TPSA) is 92.1 Å². The Kier molecular flexibility index (Phi) is 6.46. The molecule has 128 valence electrons. The van der Waals surface area contributed by atoms with Crippen molar-refractivity contribution in [2.24, 2.45) is 0 Å². The number of nitrogen functional groups attached to an aromatic ring is 1. The molecule has 0 fully saturated rings. The predicted octanol–water partition coefficient (Wildman–Crippen LogP) is 4.29. The zero-order valence-corrected chi connectivity index (χ0v) is 15.8. The standard InChI is InChI=1S/C18H17N3O2S2/c1-4-24-17-15(22-2)11(9-19)12(10-20)16(23-3)18(17)25-14-8-6-5-7-13(14)21/h5-8H,4,21H2,1-3H3. The predicted molar refractivity (Wildman–Crippen MR) is 100 cm³/mol. The maximum atomic E-state index is 9.57. The highest BCUT2D eigenvalue weighted by Gasteiger charge is 2.27. The Hall–Kier alpha value is -2.48. The smallest absolute Gasteiger partial charge is 0.153 e. The highest BCUT2D eigenvalue weighted by atomic mass is 32.2. The van der Waals surface area contributed by atoms with Gasteiger partial charge in [0.15, 0.2) is 11.5 Å². The third kappa shape index (κ3) is 3.63. The first-order chi connectivity index (χ1) is 12.1. The van der Waals surface area contributed by atoms with Crippen LogP contribution < -0.4 is 15.2 Å². The first-order valence-corrected chi connectivity index (χ1v) is 9.20. The molecule has 2 rings (SSSR count). The second kappa shape index (κ2) is 8.57. The summed E-state index contributed by atoms with van der Waals surface area (Å²) in [4.78, 5) is 2.33. The first kappa shape index (κ1) is 18.9. The molecule has 7 heteroatoms. The van der Waals surface area contributed by atoms with Gasteiger partial charge in [-0.05, 0) is 17.9 Å². The van der Waals surface area contributed by atoms with Gasteiger partial charge in [0, 0.05) is 10.6 Å². The molecule has 0 bridgehead atoms. The first-order valence-electron chi connectivity index (χ1n) is 7.40. The second-order valence-electron chi connectivity index (χ2n) is 4.77. The number of para-hydroxylation sites is 1. The SMILES string of the molecule is CCSc1c(OC)c(C#N)c(C#N)c(OC)c1Sc1ccccc1N. The third-order valence-corrected chi connectivity index (χ3v) is 5.66. The summed E-state index contributed by atoms with van der Waals surface area (Å²) in [5, 5.41) is 19.1. The minimum Gasteiger partial charge on any atom is -0.494 e. The summed E-state index contributed by atoms with van der Waals surface area (Å²) >= 11 is 2.93. The summed E-state index contributed by atoms with van der Waals surface area (Å²) in [6, 6.07) is 11.6. The number of ether oxygens (including phenoxy) is 2. The summed E-state index contributed by atoms with van der Waals surface area (Å²) in [5.74, 6) is 1.53. The Bertz CT molecular complexity index is 870. The molecule has 5 nitrogen and oxygen atoms in total. The van der Waals surface area contributed by atoms with Gasteiger partial charge in [-0.3, -0.25) is 0 Å². The molecule has 2 aromatic rings. The van der Waals surface area contributed by atoms with Crippen molar-refractivity contribution < 1.29 is 9.47 Å². The number of nitrogens with zero attached hydrogens (tertiary/aromatic N) is 2. The van der Waals surface area contributed by atoms with Crippen molar-refractivity contribution in [1.29, 1.82) is 10.5 Å². The summed E-state index contributed by atoms with van der Waals surface area (Å²) in [6.45, 7) is 2.01. The Morgan fingerprint density at radius 2 is 1.56 bits per heavy atom. The number of benzene rings is 2. The fraction of sp³-hybridized carbons (Fsp3) is 0.222. The molecule has 0 radical (unpaired) electrons. The third-order valence-electron chi connectivity index (χ3n) is 3.37. The van der Waals surface area contributed by atoms with Crippen molar-refractivity contribution in [3.05, 3.63) is 35.4 Å². The number of rotatable bonds is 6. The average molecular weight is 371 g/mol. The molecule has 0 saturated carbocycles. The van der Waals surface area contributed by atoms with Crippen LogP contribution in [0.25, 0.3) is 0 Å². The molecule has 0 aliphatic carbocycles. The Labute approximate surface area is 155 Å². The van der Waals surface area contributed by atoms with Crippen molar-refractivity contribution in [3.8, 4) is 23.6 Å². The molecule has 0 saturated heterocycles. The van der Waals surface area contributed by atoms with Crippen LogP contribution >= 0.6 is 23.5 Å². The van der Waals surface area contributed by atoms with Gasteiger partial charge < -0.3 is 15.2 Å². The zero-order chi connectivity index (χ0) is 18.4. The molecule has 0 spiro atoms. The lowest BCUT2D eigenvalue weighted by Crippen LogP contribution is -2.02. The van der Waals surface area contributed by atoms with Crippen LogP contribution in [0.3, 0.4) is 0 Å². The molecular formula is C18H17N3O2S2. The summed E-state index contributed by atoms with van der Waals surface area (Å²) in [6.07, 6.45) is 0. The molecule has 0 aliphatic rings. The van der Waals surface area contributed by atoms with Crippen LogP contribution in [0.15, 0.2) is 39.0 Å². The fourth-order valence-corrected chi connectivity index (χ4v) is 4.46. The van der Waals surface area contributed by atoms with Crippen LogP contribution in [0.1, 0.15) is 18.1 Å². The molecule has 25 heavy (non-hydrogen) atoms. The quantitative estimate of drug-likeness (QED) is 0.598. The van der Waals surface area contributed by atoms with E-state index in [9.17, 15) is 10.5 Å². The minimum atomic E-state index is 0.166. The normalized spacial score (nSPS) is 9.96. The number of anilines is 1. The van der Waals surface area contributed by atoms with Crippen molar-refractivity contribution >= 4 is 29.2 Å². The average Bonchev–Trinajstić information content (AvgIpc) is 2.63. The molecule has 0 aliphatic heterocycles. The Morgan fingerprint density at radius 1 is 1.00 bits per heavy atom. The minimum absolute atomic E-state index is 0.166. The number of nitriles is 2. The van der Waals surface area contributed by atoms with Crippen LogP contribution in [-0.2, 0) is 0 Å². The molecule has 0 amide bonds. The van der Waals surface area contributed by atoms with Gasteiger partial charge in [0.2, 0.25) is 0 Å². The largest absolute Gasteiger partial charge is 0.494 e. The highest BCUT2D eigenvalue weighted by molar-refractivity contribution is 8.02. The lowest BCUT2D eigenvalue weighted by atomic mass is 10.1. The number of methoxy groups -OCH3 is 2. The van der Waals surface area contributed by atoms with E-state index in [1.165, 1.54) is 37.7 Å². The van der Waals surface area contributed by atoms with Gasteiger partial charge in [0.1, 0.15) is 23.3 Å². The van der Waals surface area contributed by atoms with Crippen LogP contribution in [0.5, 0.6) is 11.5 Å². The monoisotopic (exact) mass is 371 g/mol. The molecular weight excluding hydrogens is 354 g/mol. The van der Waals surface area contributed by atoms with Crippen molar-refractivity contribution in [2.45, 2.75) is 21.6 Å². The van der Waals surface area contributed by atoms with E-state index in [1.807, 2.05) is 31.2 Å². The summed E-state index contributed by atoms with van der Waals surface area (Å²) in [7, 11) is 2.98. The van der Waals surface area contributed by atoms with Gasteiger partial charge in [-0.15, -0.1) is 11.8 Å². The van der Waals surface area contributed by atoms with E-state index in [1.54, 1.807) is 0 Å². The van der Waals surface area contributed by atoms with Crippen LogP contribution in [0.4, 0.5) is 5.69 Å². The maximum Gasteiger partial charge on any atom is 0.153 e. The van der Waals surface area contributed by atoms with E-state index < -0.39 is 0 Å². The lowest BCUT2D eigenvalue weighted by Gasteiger charge is -2.19. The van der Waals surface area contributed by atoms with E-state index in [-0.39, 0.29) is 11.1 Å². The molecule has 0 unspecified atom stereocenters. The Balaban J connectivity index is 2.82. The molecule has 0 heterocycles. The van der Waals surface area contributed by atoms with Gasteiger partial charge in [0.05, 0.1) is 24.0 Å². The van der Waals surface area contributed by atoms with E-state index in [2.05, 4.69) is 12.1 Å². The van der Waals surface area contributed by atoms with Gasteiger partial charge in [-0.25, -0.2) is 0 Å². The number of nitrogens with two attached hydrogens (primary N) is 1. The summed E-state index contributed by atoms with van der Waals surface area (Å²) < 4.78 is 11.0. The molecule has 0 aromatic heterocycles. The van der Waals surface area contributed by atoms with Gasteiger partial charge >= 0.3 is 0 Å². The van der Waals surface area contributed by atoms with E-state index in [0.29, 0.717) is 17.2 Å². The van der Waals surface area contributed by atoms with E-state index in [0.717, 1.165) is 20.4 Å². The molecule has 0 atom stereocenters. The van der Waals surface area contributed by atoms with Crippen molar-refractivity contribution in [2.75, 3.05) is 25.7 Å². The Morgan fingerprint density at radius 3 is 2.04 bits per heavy atom. The summed E-state index contributed by atoms with van der Waals surface area (Å²) in [5.41, 5.74) is 7.04. The highest BCUT2D eigenvalue weighted by Crippen LogP contribution is 2.50. The van der Waals surface area contributed by atoms with Crippen molar-refractivity contribution in [1.82, 2.24) is 0 Å². The molecule has 2 N–H and O–H groups in total. The van der Waals surface area contributed by atoms with Crippen molar-refractivity contribution in [3.63, 3.8) is 0 Å².